The number of hydrogen-bond donors (Lipinski definition) is 3. The van der Waals surface area contributed by atoms with Gasteiger partial charge in [0.1, 0.15) is 16.9 Å². The molecule has 4 N–H and O–H groups in total. The van der Waals surface area contributed by atoms with Gasteiger partial charge in [-0.15, -0.1) is 10.2 Å². The SMILES string of the molecule is Nc1ccccc1/N=N/c1cccc(C(=O)O)c1O. The van der Waals surface area contributed by atoms with Crippen molar-refractivity contribution in [1.82, 2.24) is 0 Å². The van der Waals surface area contributed by atoms with Gasteiger partial charge in [0.25, 0.3) is 0 Å². The average molecular weight is 257 g/mol. The lowest BCUT2D eigenvalue weighted by Gasteiger charge is -2.02. The highest BCUT2D eigenvalue weighted by Crippen LogP contribution is 2.32. The normalized spacial score (nSPS) is 10.7. The number of nitrogen functional groups attached to an aromatic ring is 1. The third-order valence-corrected chi connectivity index (χ3v) is 2.45. The second-order valence-corrected chi connectivity index (χ2v) is 3.74. The molecule has 0 atom stereocenters. The standard InChI is InChI=1S/C13H11N3O3/c14-9-5-1-2-6-10(9)15-16-11-7-3-4-8(12(11)17)13(18)19/h1-7,17H,14H2,(H,18,19)/b16-15+. The summed E-state index contributed by atoms with van der Waals surface area (Å²) >= 11 is 0. The number of benzene rings is 2. The second kappa shape index (κ2) is 5.18. The van der Waals surface area contributed by atoms with Gasteiger partial charge in [-0.1, -0.05) is 18.2 Å². The lowest BCUT2D eigenvalue weighted by Crippen LogP contribution is -1.95. The number of nitrogens with two attached hydrogens (primary N) is 1. The maximum absolute atomic E-state index is 10.9. The molecule has 0 radical (unpaired) electrons. The van der Waals surface area contributed by atoms with Crippen LogP contribution in [0.3, 0.4) is 0 Å². The average Bonchev–Trinajstić information content (AvgIpc) is 2.39. The van der Waals surface area contributed by atoms with E-state index in [1.165, 1.54) is 18.2 Å². The number of aromatic carboxylic acids is 1. The number of para-hydroxylation sites is 2. The van der Waals surface area contributed by atoms with Crippen molar-refractivity contribution in [2.24, 2.45) is 10.2 Å². The smallest absolute Gasteiger partial charge is 0.339 e. The Morgan fingerprint density at radius 1 is 1.00 bits per heavy atom. The van der Waals surface area contributed by atoms with Gasteiger partial charge < -0.3 is 15.9 Å². The summed E-state index contributed by atoms with van der Waals surface area (Å²) < 4.78 is 0. The van der Waals surface area contributed by atoms with E-state index in [1.807, 2.05) is 0 Å². The monoisotopic (exact) mass is 257 g/mol. The lowest BCUT2D eigenvalue weighted by atomic mass is 10.2. The van der Waals surface area contributed by atoms with E-state index in [0.29, 0.717) is 11.4 Å². The van der Waals surface area contributed by atoms with Gasteiger partial charge in [-0.3, -0.25) is 0 Å². The molecule has 2 aromatic carbocycles. The molecule has 0 heterocycles. The fraction of sp³-hybridized carbons (Fsp3) is 0. The highest BCUT2D eigenvalue weighted by Gasteiger charge is 2.12. The maximum atomic E-state index is 10.9. The van der Waals surface area contributed by atoms with Crippen molar-refractivity contribution in [3.63, 3.8) is 0 Å². The Bertz CT molecular complexity index is 653. The number of azo groups is 1. The van der Waals surface area contributed by atoms with Crippen molar-refractivity contribution in [1.29, 1.82) is 0 Å². The Morgan fingerprint density at radius 2 is 1.63 bits per heavy atom. The Hall–Kier alpha value is -2.89. The zero-order chi connectivity index (χ0) is 13.8. The van der Waals surface area contributed by atoms with Gasteiger partial charge in [-0.2, -0.15) is 0 Å². The zero-order valence-corrected chi connectivity index (χ0v) is 9.82. The van der Waals surface area contributed by atoms with E-state index in [-0.39, 0.29) is 11.3 Å². The number of hydrogen-bond acceptors (Lipinski definition) is 5. The minimum atomic E-state index is -1.23. The first-order chi connectivity index (χ1) is 9.09. The number of rotatable bonds is 3. The van der Waals surface area contributed by atoms with E-state index in [9.17, 15) is 9.90 Å². The maximum Gasteiger partial charge on any atom is 0.339 e. The number of carboxylic acid groups (broad SMARTS) is 1. The summed E-state index contributed by atoms with van der Waals surface area (Å²) in [5.74, 6) is -1.65. The molecule has 0 aromatic heterocycles. The van der Waals surface area contributed by atoms with Crippen molar-refractivity contribution in [2.45, 2.75) is 0 Å². The van der Waals surface area contributed by atoms with Crippen LogP contribution in [0.4, 0.5) is 17.1 Å². The molecule has 0 unspecified atom stereocenters. The van der Waals surface area contributed by atoms with Crippen LogP contribution in [0.2, 0.25) is 0 Å². The Labute approximate surface area is 108 Å². The second-order valence-electron chi connectivity index (χ2n) is 3.74. The van der Waals surface area contributed by atoms with Crippen LogP contribution in [0.15, 0.2) is 52.7 Å². The topological polar surface area (TPSA) is 108 Å². The van der Waals surface area contributed by atoms with Crippen LogP contribution < -0.4 is 5.73 Å². The van der Waals surface area contributed by atoms with Crippen LogP contribution in [0.5, 0.6) is 5.75 Å². The van der Waals surface area contributed by atoms with Gasteiger partial charge in [0.05, 0.1) is 5.69 Å². The van der Waals surface area contributed by atoms with E-state index in [0.717, 1.165) is 0 Å². The molecule has 0 saturated heterocycles. The predicted molar refractivity (Wildman–Crippen MR) is 70.1 cm³/mol. The minimum absolute atomic E-state index is 0.0724. The highest BCUT2D eigenvalue weighted by molar-refractivity contribution is 5.92. The number of carboxylic acids is 1. The number of anilines is 1. The first-order valence-electron chi connectivity index (χ1n) is 5.41. The van der Waals surface area contributed by atoms with Gasteiger partial charge in [0.2, 0.25) is 0 Å². The van der Waals surface area contributed by atoms with Crippen LogP contribution in [-0.4, -0.2) is 16.2 Å². The molecule has 0 aliphatic rings. The quantitative estimate of drug-likeness (QED) is 0.579. The Kier molecular flexibility index (Phi) is 3.42. The van der Waals surface area contributed by atoms with E-state index < -0.39 is 11.7 Å². The van der Waals surface area contributed by atoms with Gasteiger partial charge in [0, 0.05) is 0 Å². The summed E-state index contributed by atoms with van der Waals surface area (Å²) in [5.41, 5.74) is 6.43. The van der Waals surface area contributed by atoms with Crippen LogP contribution in [-0.2, 0) is 0 Å². The molecule has 0 saturated carbocycles. The molecule has 2 aromatic rings. The molecule has 0 amide bonds. The molecule has 0 spiro atoms. The number of aromatic hydroxyl groups is 1. The van der Waals surface area contributed by atoms with Crippen LogP contribution in [0.25, 0.3) is 0 Å². The Morgan fingerprint density at radius 3 is 2.32 bits per heavy atom. The molecular formula is C13H11N3O3. The van der Waals surface area contributed by atoms with Crippen LogP contribution >= 0.6 is 0 Å². The first-order valence-corrected chi connectivity index (χ1v) is 5.41. The van der Waals surface area contributed by atoms with E-state index in [1.54, 1.807) is 24.3 Å². The van der Waals surface area contributed by atoms with Gasteiger partial charge in [0.15, 0.2) is 5.75 Å². The third kappa shape index (κ3) is 2.68. The summed E-state index contributed by atoms with van der Waals surface area (Å²) in [6, 6.07) is 11.1. The molecule has 0 aliphatic heterocycles. The van der Waals surface area contributed by atoms with Crippen LogP contribution in [0, 0.1) is 0 Å². The largest absolute Gasteiger partial charge is 0.505 e. The molecular weight excluding hydrogens is 246 g/mol. The van der Waals surface area contributed by atoms with Gasteiger partial charge >= 0.3 is 5.97 Å². The van der Waals surface area contributed by atoms with Crippen molar-refractivity contribution >= 4 is 23.0 Å². The van der Waals surface area contributed by atoms with Crippen molar-refractivity contribution in [3.05, 3.63) is 48.0 Å². The third-order valence-electron chi connectivity index (χ3n) is 2.45. The zero-order valence-electron chi connectivity index (χ0n) is 9.82. The van der Waals surface area contributed by atoms with E-state index >= 15 is 0 Å². The van der Waals surface area contributed by atoms with Gasteiger partial charge in [-0.05, 0) is 24.3 Å². The minimum Gasteiger partial charge on any atom is -0.505 e. The number of carbonyl (C=O) groups is 1. The molecule has 19 heavy (non-hydrogen) atoms. The molecule has 6 nitrogen and oxygen atoms in total. The summed E-state index contributed by atoms with van der Waals surface area (Å²) in [5, 5.41) is 26.3. The lowest BCUT2D eigenvalue weighted by molar-refractivity contribution is 0.0694. The molecule has 6 heteroatoms. The van der Waals surface area contributed by atoms with Crippen LogP contribution in [0.1, 0.15) is 10.4 Å². The number of nitrogens with zero attached hydrogens (tertiary/aromatic N) is 2. The molecule has 96 valence electrons. The fourth-order valence-corrected chi connectivity index (χ4v) is 1.47. The van der Waals surface area contributed by atoms with Crippen molar-refractivity contribution in [2.75, 3.05) is 5.73 Å². The molecule has 0 bridgehead atoms. The summed E-state index contributed by atoms with van der Waals surface area (Å²) in [6.07, 6.45) is 0. The van der Waals surface area contributed by atoms with Crippen molar-refractivity contribution in [3.8, 4) is 5.75 Å². The highest BCUT2D eigenvalue weighted by atomic mass is 16.4. The predicted octanol–water partition coefficient (Wildman–Crippen LogP) is 3.09. The number of phenols is 1. The molecule has 2 rings (SSSR count). The van der Waals surface area contributed by atoms with E-state index in [4.69, 9.17) is 10.8 Å². The molecule has 0 aliphatic carbocycles. The summed E-state index contributed by atoms with van der Waals surface area (Å²) in [6.45, 7) is 0. The first kappa shape index (κ1) is 12.6. The summed E-state index contributed by atoms with van der Waals surface area (Å²) in [7, 11) is 0. The summed E-state index contributed by atoms with van der Waals surface area (Å²) in [4.78, 5) is 10.9. The van der Waals surface area contributed by atoms with Crippen molar-refractivity contribution < 1.29 is 15.0 Å². The Balaban J connectivity index is 2.37. The fourth-order valence-electron chi connectivity index (χ4n) is 1.47. The van der Waals surface area contributed by atoms with E-state index in [2.05, 4.69) is 10.2 Å². The molecule has 0 fully saturated rings. The van der Waals surface area contributed by atoms with Gasteiger partial charge in [-0.25, -0.2) is 4.79 Å².